The third-order valence-electron chi connectivity index (χ3n) is 2.44. The summed E-state index contributed by atoms with van der Waals surface area (Å²) in [6, 6.07) is 3.65. The lowest BCUT2D eigenvalue weighted by atomic mass is 10.2. The smallest absolute Gasteiger partial charge is 0.253 e. The molecular weight excluding hydrogens is 240 g/mol. The van der Waals surface area contributed by atoms with Crippen molar-refractivity contribution in [1.82, 2.24) is 9.88 Å². The van der Waals surface area contributed by atoms with Crippen molar-refractivity contribution < 1.29 is 9.59 Å². The molecule has 1 aromatic rings. The Bertz CT molecular complexity index is 431. The largest absolute Gasteiger partial charge is 0.279 e. The molecule has 1 aliphatic heterocycles. The van der Waals surface area contributed by atoms with E-state index in [0.29, 0.717) is 13.0 Å². The lowest BCUT2D eigenvalue weighted by molar-refractivity contribution is -0.138. The number of carbonyl (C=O) groups is 2. The van der Waals surface area contributed by atoms with E-state index in [4.69, 9.17) is 0 Å². The summed E-state index contributed by atoms with van der Waals surface area (Å²) in [6.07, 6.45) is 7.66. The van der Waals surface area contributed by atoms with Gasteiger partial charge in [-0.25, -0.2) is 0 Å². The maximum atomic E-state index is 11.6. The number of halogens is 1. The lowest BCUT2D eigenvalue weighted by Crippen LogP contribution is -2.30. The van der Waals surface area contributed by atoms with Crippen LogP contribution in [-0.2, 0) is 9.59 Å². The summed E-state index contributed by atoms with van der Waals surface area (Å²) in [6.45, 7) is 0.537. The van der Waals surface area contributed by atoms with Crippen LogP contribution in [0.2, 0.25) is 0 Å². The van der Waals surface area contributed by atoms with Crippen LogP contribution in [0.3, 0.4) is 0 Å². The molecule has 2 heterocycles. The summed E-state index contributed by atoms with van der Waals surface area (Å²) in [5, 5.41) is 0. The van der Waals surface area contributed by atoms with E-state index in [9.17, 15) is 9.59 Å². The number of imide groups is 1. The molecule has 0 spiro atoms. The van der Waals surface area contributed by atoms with Crippen LogP contribution in [0.25, 0.3) is 6.08 Å². The molecule has 0 unspecified atom stereocenters. The highest BCUT2D eigenvalue weighted by molar-refractivity contribution is 6.03. The number of pyridine rings is 1. The van der Waals surface area contributed by atoms with Gasteiger partial charge in [0.1, 0.15) is 0 Å². The van der Waals surface area contributed by atoms with Gasteiger partial charge in [0.15, 0.2) is 0 Å². The van der Waals surface area contributed by atoms with Crippen molar-refractivity contribution in [2.75, 3.05) is 6.54 Å². The molecule has 90 valence electrons. The number of likely N-dealkylation sites (tertiary alicyclic amines) is 1. The molecule has 0 N–H and O–H groups in total. The zero-order valence-electron chi connectivity index (χ0n) is 9.20. The third-order valence-corrected chi connectivity index (χ3v) is 2.44. The second-order valence-corrected chi connectivity index (χ2v) is 3.61. The Labute approximate surface area is 106 Å². The first-order valence-corrected chi connectivity index (χ1v) is 5.20. The molecule has 4 nitrogen and oxygen atoms in total. The Kier molecular flexibility index (Phi) is 4.84. The second kappa shape index (κ2) is 6.15. The molecule has 17 heavy (non-hydrogen) atoms. The summed E-state index contributed by atoms with van der Waals surface area (Å²) >= 11 is 0. The quantitative estimate of drug-likeness (QED) is 0.753. The molecule has 2 rings (SSSR count). The van der Waals surface area contributed by atoms with Gasteiger partial charge in [-0.15, -0.1) is 12.4 Å². The molecule has 1 aromatic heterocycles. The summed E-state index contributed by atoms with van der Waals surface area (Å²) in [7, 11) is 0. The first kappa shape index (κ1) is 13.4. The normalized spacial score (nSPS) is 15.1. The Balaban J connectivity index is 0.00000144. The minimum absolute atomic E-state index is 0. The van der Waals surface area contributed by atoms with Gasteiger partial charge in [0.25, 0.3) is 5.91 Å². The monoisotopic (exact) mass is 252 g/mol. The van der Waals surface area contributed by atoms with Crippen LogP contribution in [0.1, 0.15) is 18.4 Å². The highest BCUT2D eigenvalue weighted by atomic mass is 35.5. The van der Waals surface area contributed by atoms with Gasteiger partial charge in [0, 0.05) is 31.4 Å². The molecule has 0 saturated carbocycles. The van der Waals surface area contributed by atoms with Gasteiger partial charge in [-0.2, -0.15) is 0 Å². The average molecular weight is 253 g/mol. The molecule has 0 atom stereocenters. The molecule has 1 saturated heterocycles. The zero-order valence-corrected chi connectivity index (χ0v) is 10.0. The van der Waals surface area contributed by atoms with Crippen LogP contribution in [-0.4, -0.2) is 28.2 Å². The lowest BCUT2D eigenvalue weighted by Gasteiger charge is -2.09. The van der Waals surface area contributed by atoms with E-state index in [2.05, 4.69) is 4.98 Å². The molecule has 0 bridgehead atoms. The first-order valence-electron chi connectivity index (χ1n) is 5.20. The van der Waals surface area contributed by atoms with E-state index >= 15 is 0 Å². The van der Waals surface area contributed by atoms with E-state index in [1.807, 2.05) is 6.07 Å². The summed E-state index contributed by atoms with van der Waals surface area (Å²) in [5.41, 5.74) is 0.850. The molecule has 1 aliphatic rings. The van der Waals surface area contributed by atoms with Crippen molar-refractivity contribution in [2.45, 2.75) is 12.8 Å². The Morgan fingerprint density at radius 2 is 2.29 bits per heavy atom. The van der Waals surface area contributed by atoms with Gasteiger partial charge in [0.2, 0.25) is 5.91 Å². The van der Waals surface area contributed by atoms with Gasteiger partial charge < -0.3 is 0 Å². The Morgan fingerprint density at radius 3 is 2.88 bits per heavy atom. The van der Waals surface area contributed by atoms with Gasteiger partial charge >= 0.3 is 0 Å². The van der Waals surface area contributed by atoms with Crippen LogP contribution in [0.4, 0.5) is 0 Å². The van der Waals surface area contributed by atoms with E-state index in [1.54, 1.807) is 24.5 Å². The number of hydrogen-bond acceptors (Lipinski definition) is 3. The van der Waals surface area contributed by atoms with Gasteiger partial charge in [-0.3, -0.25) is 19.5 Å². The fraction of sp³-hybridized carbons (Fsp3) is 0.250. The number of carbonyl (C=O) groups excluding carboxylic acids is 2. The fourth-order valence-electron chi connectivity index (χ4n) is 1.61. The molecule has 5 heteroatoms. The first-order chi connectivity index (χ1) is 7.77. The highest BCUT2D eigenvalue weighted by Crippen LogP contribution is 2.10. The van der Waals surface area contributed by atoms with Gasteiger partial charge in [-0.1, -0.05) is 6.07 Å². The SMILES string of the molecule is Cl.O=C(/C=C/c1cccnc1)N1CCCC1=O. The Morgan fingerprint density at radius 1 is 1.47 bits per heavy atom. The molecule has 0 radical (unpaired) electrons. The maximum absolute atomic E-state index is 11.6. The number of nitrogens with zero attached hydrogens (tertiary/aromatic N) is 2. The van der Waals surface area contributed by atoms with Crippen LogP contribution in [0.15, 0.2) is 30.6 Å². The molecule has 0 aromatic carbocycles. The van der Waals surface area contributed by atoms with E-state index in [-0.39, 0.29) is 24.2 Å². The van der Waals surface area contributed by atoms with E-state index < -0.39 is 0 Å². The van der Waals surface area contributed by atoms with E-state index in [1.165, 1.54) is 11.0 Å². The van der Waals surface area contributed by atoms with Gasteiger partial charge in [0.05, 0.1) is 0 Å². The zero-order chi connectivity index (χ0) is 11.4. The summed E-state index contributed by atoms with van der Waals surface area (Å²) in [5.74, 6) is -0.327. The van der Waals surface area contributed by atoms with Crippen molar-refractivity contribution in [2.24, 2.45) is 0 Å². The average Bonchev–Trinajstić information content (AvgIpc) is 2.74. The standard InChI is InChI=1S/C12H12N2O2.ClH/c15-11-4-2-8-14(11)12(16)6-5-10-3-1-7-13-9-10;/h1,3,5-7,9H,2,4,8H2;1H/b6-5+;. The predicted octanol–water partition coefficient (Wildman–Crippen LogP) is 1.67. The Hall–Kier alpha value is -1.68. The van der Waals surface area contributed by atoms with E-state index in [0.717, 1.165) is 12.0 Å². The summed E-state index contributed by atoms with van der Waals surface area (Å²) in [4.78, 5) is 28.1. The minimum Gasteiger partial charge on any atom is -0.279 e. The van der Waals surface area contributed by atoms with Crippen LogP contribution >= 0.6 is 12.4 Å². The number of hydrogen-bond donors (Lipinski definition) is 0. The minimum atomic E-state index is -0.244. The molecule has 1 fully saturated rings. The number of aromatic nitrogens is 1. The third kappa shape index (κ3) is 3.39. The number of rotatable bonds is 2. The summed E-state index contributed by atoms with van der Waals surface area (Å²) < 4.78 is 0. The van der Waals surface area contributed by atoms with Crippen molar-refractivity contribution in [1.29, 1.82) is 0 Å². The van der Waals surface area contributed by atoms with Crippen molar-refractivity contribution in [3.05, 3.63) is 36.2 Å². The highest BCUT2D eigenvalue weighted by Gasteiger charge is 2.24. The second-order valence-electron chi connectivity index (χ2n) is 3.61. The van der Waals surface area contributed by atoms with Crippen LogP contribution in [0, 0.1) is 0 Å². The van der Waals surface area contributed by atoms with Crippen LogP contribution < -0.4 is 0 Å². The fourth-order valence-corrected chi connectivity index (χ4v) is 1.61. The molecule has 0 aliphatic carbocycles. The van der Waals surface area contributed by atoms with Crippen molar-refractivity contribution in [3.63, 3.8) is 0 Å². The van der Waals surface area contributed by atoms with Crippen molar-refractivity contribution >= 4 is 30.3 Å². The van der Waals surface area contributed by atoms with Crippen molar-refractivity contribution in [3.8, 4) is 0 Å². The topological polar surface area (TPSA) is 50.3 Å². The maximum Gasteiger partial charge on any atom is 0.253 e. The predicted molar refractivity (Wildman–Crippen MR) is 66.5 cm³/mol. The number of amides is 2. The molecular formula is C12H13ClN2O2. The van der Waals surface area contributed by atoms with Crippen LogP contribution in [0.5, 0.6) is 0 Å². The van der Waals surface area contributed by atoms with Gasteiger partial charge in [-0.05, 0) is 24.1 Å². The molecule has 2 amide bonds.